The number of benzene rings is 1. The minimum absolute atomic E-state index is 0.107. The number of aryl methyl sites for hydroxylation is 1. The van der Waals surface area contributed by atoms with Gasteiger partial charge in [-0.15, -0.1) is 0 Å². The van der Waals surface area contributed by atoms with Crippen LogP contribution < -0.4 is 5.56 Å². The third-order valence-corrected chi connectivity index (χ3v) is 4.94. The molecule has 2 aliphatic rings. The summed E-state index contributed by atoms with van der Waals surface area (Å²) in [6.07, 6.45) is 2.96. The van der Waals surface area contributed by atoms with E-state index in [1.165, 1.54) is 12.1 Å². The molecule has 0 aliphatic carbocycles. The van der Waals surface area contributed by atoms with E-state index >= 15 is 0 Å². The van der Waals surface area contributed by atoms with Gasteiger partial charge in [0.1, 0.15) is 12.4 Å². The van der Waals surface area contributed by atoms with Crippen molar-refractivity contribution in [1.29, 1.82) is 0 Å². The molecule has 28 heavy (non-hydrogen) atoms. The van der Waals surface area contributed by atoms with E-state index in [0.29, 0.717) is 17.4 Å². The summed E-state index contributed by atoms with van der Waals surface area (Å²) in [7, 11) is 0. The molecule has 0 atom stereocenters. The minimum atomic E-state index is -0.739. The topological polar surface area (TPSA) is 108 Å². The Bertz CT molecular complexity index is 1030. The number of nitrogens with zero attached hydrogens (tertiary/aromatic N) is 3. The van der Waals surface area contributed by atoms with Crippen molar-refractivity contribution in [3.63, 3.8) is 0 Å². The van der Waals surface area contributed by atoms with Gasteiger partial charge >= 0.3 is 12.1 Å². The Morgan fingerprint density at radius 3 is 2.79 bits per heavy atom. The van der Waals surface area contributed by atoms with Gasteiger partial charge in [-0.3, -0.25) is 14.2 Å². The molecule has 4 rings (SSSR count). The van der Waals surface area contributed by atoms with Gasteiger partial charge in [-0.25, -0.2) is 19.5 Å². The lowest BCUT2D eigenvalue weighted by Crippen LogP contribution is -2.35. The van der Waals surface area contributed by atoms with Crippen LogP contribution >= 0.6 is 0 Å². The number of cyclic esters (lactones) is 1. The fraction of sp³-hybridized carbons (Fsp3) is 0.421. The summed E-state index contributed by atoms with van der Waals surface area (Å²) in [5, 5.41) is 0.443. The number of carbonyl (C=O) groups is 3. The SMILES string of the molecule is O=C(OCC(=O)N1CCOC1=O)c1ccc2c(=O)n3c(nc2c1)CCCCC3. The number of imide groups is 1. The maximum absolute atomic E-state index is 12.7. The predicted molar refractivity (Wildman–Crippen MR) is 96.9 cm³/mol. The highest BCUT2D eigenvalue weighted by Crippen LogP contribution is 2.17. The van der Waals surface area contributed by atoms with Gasteiger partial charge in [0.25, 0.3) is 11.5 Å². The summed E-state index contributed by atoms with van der Waals surface area (Å²) >= 11 is 0. The first kappa shape index (κ1) is 18.1. The Labute approximate surface area is 159 Å². The Hall–Kier alpha value is -3.23. The molecule has 2 aliphatic heterocycles. The van der Waals surface area contributed by atoms with Crippen molar-refractivity contribution < 1.29 is 23.9 Å². The summed E-state index contributed by atoms with van der Waals surface area (Å²) in [5.41, 5.74) is 0.515. The fourth-order valence-corrected chi connectivity index (χ4v) is 3.45. The maximum Gasteiger partial charge on any atom is 0.416 e. The van der Waals surface area contributed by atoms with E-state index in [1.807, 2.05) is 0 Å². The molecule has 9 nitrogen and oxygen atoms in total. The molecule has 9 heteroatoms. The van der Waals surface area contributed by atoms with Gasteiger partial charge in [0.05, 0.1) is 23.0 Å². The minimum Gasteiger partial charge on any atom is -0.452 e. The second-order valence-corrected chi connectivity index (χ2v) is 6.76. The Morgan fingerprint density at radius 2 is 2.00 bits per heavy atom. The van der Waals surface area contributed by atoms with Gasteiger partial charge in [0, 0.05) is 13.0 Å². The molecule has 0 bridgehead atoms. The predicted octanol–water partition coefficient (Wildman–Crippen LogP) is 1.26. The maximum atomic E-state index is 12.7. The van der Waals surface area contributed by atoms with Crippen molar-refractivity contribution in [2.45, 2.75) is 32.2 Å². The molecule has 0 radical (unpaired) electrons. The second kappa shape index (κ2) is 7.41. The Kier molecular flexibility index (Phi) is 4.81. The molecule has 1 saturated heterocycles. The van der Waals surface area contributed by atoms with Crippen LogP contribution in [0.2, 0.25) is 0 Å². The first-order valence-electron chi connectivity index (χ1n) is 9.22. The first-order valence-corrected chi connectivity index (χ1v) is 9.22. The van der Waals surface area contributed by atoms with Crippen LogP contribution in [-0.2, 0) is 27.2 Å². The largest absolute Gasteiger partial charge is 0.452 e. The highest BCUT2D eigenvalue weighted by Gasteiger charge is 2.29. The highest BCUT2D eigenvalue weighted by atomic mass is 16.6. The normalized spacial score (nSPS) is 16.4. The molecule has 0 unspecified atom stereocenters. The summed E-state index contributed by atoms with van der Waals surface area (Å²) in [5.74, 6) is -0.638. The molecular weight excluding hydrogens is 366 g/mol. The second-order valence-electron chi connectivity index (χ2n) is 6.76. The van der Waals surface area contributed by atoms with Crippen LogP contribution in [0.15, 0.2) is 23.0 Å². The van der Waals surface area contributed by atoms with E-state index in [9.17, 15) is 19.2 Å². The third-order valence-electron chi connectivity index (χ3n) is 4.94. The van der Waals surface area contributed by atoms with E-state index < -0.39 is 24.6 Å². The van der Waals surface area contributed by atoms with Gasteiger partial charge in [-0.05, 0) is 31.0 Å². The van der Waals surface area contributed by atoms with Crippen molar-refractivity contribution in [3.05, 3.63) is 39.9 Å². The molecule has 0 spiro atoms. The van der Waals surface area contributed by atoms with Crippen molar-refractivity contribution in [1.82, 2.24) is 14.5 Å². The fourth-order valence-electron chi connectivity index (χ4n) is 3.45. The zero-order valence-electron chi connectivity index (χ0n) is 15.2. The Balaban J connectivity index is 1.54. The zero-order valence-corrected chi connectivity index (χ0v) is 15.2. The third kappa shape index (κ3) is 3.35. The van der Waals surface area contributed by atoms with Gasteiger partial charge in [0.2, 0.25) is 0 Å². The summed E-state index contributed by atoms with van der Waals surface area (Å²) in [6.45, 7) is 0.368. The standard InChI is InChI=1S/C19H19N3O6/c23-16(22-8-9-27-19(22)26)11-28-18(25)12-5-6-13-14(10-12)20-15-4-2-1-3-7-21(15)17(13)24/h5-6,10H,1-4,7-9,11H2. The molecule has 0 N–H and O–H groups in total. The van der Waals surface area contributed by atoms with Crippen molar-refractivity contribution in [3.8, 4) is 0 Å². The van der Waals surface area contributed by atoms with Crippen LogP contribution in [0.5, 0.6) is 0 Å². The molecule has 2 aromatic rings. The van der Waals surface area contributed by atoms with E-state index in [1.54, 1.807) is 10.6 Å². The van der Waals surface area contributed by atoms with Gasteiger partial charge in [-0.1, -0.05) is 6.42 Å². The van der Waals surface area contributed by atoms with E-state index in [-0.39, 0.29) is 24.3 Å². The molecule has 0 saturated carbocycles. The quantitative estimate of drug-likeness (QED) is 0.732. The van der Waals surface area contributed by atoms with Crippen LogP contribution in [0.4, 0.5) is 4.79 Å². The van der Waals surface area contributed by atoms with Crippen molar-refractivity contribution in [2.24, 2.45) is 0 Å². The van der Waals surface area contributed by atoms with Crippen LogP contribution in [0, 0.1) is 0 Å². The lowest BCUT2D eigenvalue weighted by Gasteiger charge is -2.12. The molecule has 1 aromatic carbocycles. The molecule has 1 fully saturated rings. The van der Waals surface area contributed by atoms with Gasteiger partial charge in [0.15, 0.2) is 6.61 Å². The molecule has 146 valence electrons. The Morgan fingerprint density at radius 1 is 1.14 bits per heavy atom. The highest BCUT2D eigenvalue weighted by molar-refractivity contribution is 5.97. The monoisotopic (exact) mass is 385 g/mol. The summed E-state index contributed by atoms with van der Waals surface area (Å²) in [4.78, 5) is 53.8. The zero-order chi connectivity index (χ0) is 19.7. The molecule has 2 amide bonds. The number of rotatable bonds is 3. The number of amides is 2. The van der Waals surface area contributed by atoms with Crippen LogP contribution in [0.1, 0.15) is 35.4 Å². The van der Waals surface area contributed by atoms with Gasteiger partial charge in [-0.2, -0.15) is 0 Å². The number of fused-ring (bicyclic) bond motifs is 2. The summed E-state index contributed by atoms with van der Waals surface area (Å²) < 4.78 is 11.4. The smallest absolute Gasteiger partial charge is 0.416 e. The van der Waals surface area contributed by atoms with Crippen LogP contribution in [-0.4, -0.2) is 52.2 Å². The number of ether oxygens (including phenoxy) is 2. The average Bonchev–Trinajstić information content (AvgIpc) is 2.98. The van der Waals surface area contributed by atoms with E-state index in [2.05, 4.69) is 9.72 Å². The number of aromatic nitrogens is 2. The lowest BCUT2D eigenvalue weighted by atomic mass is 10.1. The van der Waals surface area contributed by atoms with Crippen LogP contribution in [0.25, 0.3) is 10.9 Å². The number of esters is 1. The number of carbonyl (C=O) groups excluding carboxylic acids is 3. The van der Waals surface area contributed by atoms with E-state index in [0.717, 1.165) is 36.4 Å². The lowest BCUT2D eigenvalue weighted by molar-refractivity contribution is -0.131. The number of hydrogen-bond donors (Lipinski definition) is 0. The number of hydrogen-bond acceptors (Lipinski definition) is 7. The summed E-state index contributed by atoms with van der Waals surface area (Å²) in [6, 6.07) is 4.53. The van der Waals surface area contributed by atoms with Crippen LogP contribution in [0.3, 0.4) is 0 Å². The molecule has 3 heterocycles. The van der Waals surface area contributed by atoms with E-state index in [4.69, 9.17) is 4.74 Å². The first-order chi connectivity index (χ1) is 13.5. The average molecular weight is 385 g/mol. The van der Waals surface area contributed by atoms with Crippen molar-refractivity contribution in [2.75, 3.05) is 19.8 Å². The van der Waals surface area contributed by atoms with Crippen molar-refractivity contribution >= 4 is 28.9 Å². The molecular formula is C19H19N3O6. The molecule has 1 aromatic heterocycles. The van der Waals surface area contributed by atoms with Gasteiger partial charge < -0.3 is 9.47 Å².